The van der Waals surface area contributed by atoms with Gasteiger partial charge in [-0.05, 0) is 17.7 Å². The van der Waals surface area contributed by atoms with E-state index in [1.807, 2.05) is 34.5 Å². The van der Waals surface area contributed by atoms with Crippen LogP contribution in [0.5, 0.6) is 5.75 Å². The fourth-order valence-electron chi connectivity index (χ4n) is 1.70. The van der Waals surface area contributed by atoms with E-state index in [2.05, 4.69) is 4.98 Å². The van der Waals surface area contributed by atoms with Gasteiger partial charge >= 0.3 is 0 Å². The maximum atomic E-state index is 11.1. The van der Waals surface area contributed by atoms with E-state index in [0.29, 0.717) is 6.54 Å². The number of rotatable bonds is 6. The van der Waals surface area contributed by atoms with Crippen molar-refractivity contribution in [3.05, 3.63) is 41.4 Å². The highest BCUT2D eigenvalue weighted by atomic mass is 32.1. The van der Waals surface area contributed by atoms with Crippen molar-refractivity contribution in [2.24, 2.45) is 5.73 Å². The van der Waals surface area contributed by atoms with Gasteiger partial charge in [-0.15, -0.1) is 11.3 Å². The number of ether oxygens (including phenoxy) is 1. The van der Waals surface area contributed by atoms with Gasteiger partial charge in [-0.1, -0.05) is 12.1 Å². The van der Waals surface area contributed by atoms with Crippen molar-refractivity contribution < 1.29 is 9.53 Å². The van der Waals surface area contributed by atoms with Gasteiger partial charge in [0.1, 0.15) is 5.75 Å². The molecule has 2 rings (SSSR count). The summed E-state index contributed by atoms with van der Waals surface area (Å²) in [6.45, 7) is 0.736. The van der Waals surface area contributed by atoms with Crippen molar-refractivity contribution in [3.8, 4) is 5.75 Å². The van der Waals surface area contributed by atoms with Crippen LogP contribution in [0.2, 0.25) is 0 Å². The zero-order valence-electron chi connectivity index (χ0n) is 10.6. The number of carbonyl (C=O) groups excluding carboxylic acids is 1. The van der Waals surface area contributed by atoms with E-state index in [0.717, 1.165) is 16.4 Å². The summed E-state index contributed by atoms with van der Waals surface area (Å²) in [4.78, 5) is 17.2. The van der Waals surface area contributed by atoms with Gasteiger partial charge in [0.25, 0.3) is 0 Å². The molecule has 1 aromatic carbocycles. The second-order valence-corrected chi connectivity index (χ2v) is 4.86. The van der Waals surface area contributed by atoms with E-state index < -0.39 is 0 Å². The van der Waals surface area contributed by atoms with Crippen LogP contribution in [0, 0.1) is 0 Å². The van der Waals surface area contributed by atoms with Crippen molar-refractivity contribution in [2.45, 2.75) is 6.54 Å². The lowest BCUT2D eigenvalue weighted by Gasteiger charge is -2.20. The molecule has 0 atom stereocenters. The molecule has 0 radical (unpaired) electrons. The van der Waals surface area contributed by atoms with Crippen LogP contribution in [-0.2, 0) is 11.3 Å². The number of carbonyl (C=O) groups is 1. The Morgan fingerprint density at radius 2 is 2.16 bits per heavy atom. The van der Waals surface area contributed by atoms with Crippen LogP contribution < -0.4 is 15.4 Å². The first kappa shape index (κ1) is 13.4. The van der Waals surface area contributed by atoms with Gasteiger partial charge < -0.3 is 15.4 Å². The fraction of sp³-hybridized carbons (Fsp3) is 0.231. The predicted molar refractivity (Wildman–Crippen MR) is 75.4 cm³/mol. The van der Waals surface area contributed by atoms with Crippen LogP contribution >= 0.6 is 11.3 Å². The third kappa shape index (κ3) is 3.69. The van der Waals surface area contributed by atoms with Crippen LogP contribution in [0.15, 0.2) is 35.8 Å². The number of aromatic nitrogens is 1. The Hall–Kier alpha value is -2.08. The van der Waals surface area contributed by atoms with Crippen LogP contribution in [0.3, 0.4) is 0 Å². The zero-order valence-corrected chi connectivity index (χ0v) is 11.4. The second kappa shape index (κ2) is 6.19. The molecule has 5 nitrogen and oxygen atoms in total. The van der Waals surface area contributed by atoms with Crippen LogP contribution in [-0.4, -0.2) is 24.5 Å². The van der Waals surface area contributed by atoms with Gasteiger partial charge in [-0.2, -0.15) is 0 Å². The van der Waals surface area contributed by atoms with Gasteiger partial charge in [-0.25, -0.2) is 4.98 Å². The Morgan fingerprint density at radius 1 is 1.42 bits per heavy atom. The van der Waals surface area contributed by atoms with Crippen LogP contribution in [0.4, 0.5) is 5.13 Å². The van der Waals surface area contributed by atoms with Gasteiger partial charge in [-0.3, -0.25) is 4.79 Å². The molecule has 0 bridgehead atoms. The number of nitrogens with two attached hydrogens (primary N) is 1. The number of anilines is 1. The lowest BCUT2D eigenvalue weighted by atomic mass is 10.2. The molecule has 0 aliphatic rings. The lowest BCUT2D eigenvalue weighted by molar-refractivity contribution is -0.116. The number of hydrogen-bond donors (Lipinski definition) is 1. The molecule has 0 aliphatic carbocycles. The number of benzene rings is 1. The summed E-state index contributed by atoms with van der Waals surface area (Å²) in [7, 11) is 1.63. The van der Waals surface area contributed by atoms with E-state index in [1.165, 1.54) is 11.3 Å². The van der Waals surface area contributed by atoms with Gasteiger partial charge in [0.15, 0.2) is 5.13 Å². The summed E-state index contributed by atoms with van der Waals surface area (Å²) < 4.78 is 5.11. The van der Waals surface area contributed by atoms with E-state index in [9.17, 15) is 4.79 Å². The number of hydrogen-bond acceptors (Lipinski definition) is 5. The topological polar surface area (TPSA) is 68.5 Å². The van der Waals surface area contributed by atoms with E-state index in [-0.39, 0.29) is 12.5 Å². The normalized spacial score (nSPS) is 10.2. The number of methoxy groups -OCH3 is 1. The second-order valence-electron chi connectivity index (χ2n) is 3.99. The highest BCUT2D eigenvalue weighted by Crippen LogP contribution is 2.20. The maximum absolute atomic E-state index is 11.1. The SMILES string of the molecule is COc1ccc(CN(CC(N)=O)c2nccs2)cc1. The molecule has 2 N–H and O–H groups in total. The number of nitrogens with zero attached hydrogens (tertiary/aromatic N) is 2. The van der Waals surface area contributed by atoms with E-state index >= 15 is 0 Å². The third-order valence-electron chi connectivity index (χ3n) is 2.57. The van der Waals surface area contributed by atoms with E-state index in [4.69, 9.17) is 10.5 Å². The first-order valence-corrected chi connectivity index (χ1v) is 6.62. The Morgan fingerprint density at radius 3 is 2.68 bits per heavy atom. The average Bonchev–Trinajstić information content (AvgIpc) is 2.92. The number of amides is 1. The van der Waals surface area contributed by atoms with Crippen molar-refractivity contribution in [1.29, 1.82) is 0 Å². The summed E-state index contributed by atoms with van der Waals surface area (Å²) in [5, 5.41) is 2.66. The molecule has 2 aromatic rings. The molecule has 1 aromatic heterocycles. The first-order valence-electron chi connectivity index (χ1n) is 5.74. The number of primary amides is 1. The Labute approximate surface area is 115 Å². The maximum Gasteiger partial charge on any atom is 0.237 e. The lowest BCUT2D eigenvalue weighted by Crippen LogP contribution is -2.33. The van der Waals surface area contributed by atoms with Crippen LogP contribution in [0.25, 0.3) is 0 Å². The highest BCUT2D eigenvalue weighted by molar-refractivity contribution is 7.13. The molecule has 1 heterocycles. The molecule has 6 heteroatoms. The summed E-state index contributed by atoms with van der Waals surface area (Å²) in [5.41, 5.74) is 6.34. The predicted octanol–water partition coefficient (Wildman–Crippen LogP) is 1.64. The van der Waals surface area contributed by atoms with Crippen molar-refractivity contribution in [1.82, 2.24) is 4.98 Å². The van der Waals surface area contributed by atoms with Crippen LogP contribution in [0.1, 0.15) is 5.56 Å². The summed E-state index contributed by atoms with van der Waals surface area (Å²) >= 11 is 1.48. The molecule has 1 amide bonds. The van der Waals surface area contributed by atoms with E-state index in [1.54, 1.807) is 13.3 Å². The molecule has 0 saturated heterocycles. The fourth-order valence-corrected chi connectivity index (χ4v) is 2.35. The average molecular weight is 277 g/mol. The largest absolute Gasteiger partial charge is 0.497 e. The Balaban J connectivity index is 2.12. The van der Waals surface area contributed by atoms with Gasteiger partial charge in [0, 0.05) is 18.1 Å². The molecule has 0 aliphatic heterocycles. The third-order valence-corrected chi connectivity index (χ3v) is 3.40. The number of thiazole rings is 1. The zero-order chi connectivity index (χ0) is 13.7. The highest BCUT2D eigenvalue weighted by Gasteiger charge is 2.12. The standard InChI is InChI=1S/C13H15N3O2S/c1-18-11-4-2-10(3-5-11)8-16(9-12(14)17)13-15-6-7-19-13/h2-7H,8-9H2,1H3,(H2,14,17). The van der Waals surface area contributed by atoms with Gasteiger partial charge in [0.2, 0.25) is 5.91 Å². The smallest absolute Gasteiger partial charge is 0.237 e. The molecule has 19 heavy (non-hydrogen) atoms. The minimum atomic E-state index is -0.372. The minimum Gasteiger partial charge on any atom is -0.497 e. The first-order chi connectivity index (χ1) is 9.19. The summed E-state index contributed by atoms with van der Waals surface area (Å²) in [6, 6.07) is 7.69. The molecule has 0 spiro atoms. The van der Waals surface area contributed by atoms with Crippen molar-refractivity contribution >= 4 is 22.4 Å². The quantitative estimate of drug-likeness (QED) is 0.871. The molecule has 0 fully saturated rings. The molecular formula is C13H15N3O2S. The molecule has 0 saturated carbocycles. The molecular weight excluding hydrogens is 262 g/mol. The van der Waals surface area contributed by atoms with Crippen molar-refractivity contribution in [3.63, 3.8) is 0 Å². The minimum absolute atomic E-state index is 0.152. The monoisotopic (exact) mass is 277 g/mol. The van der Waals surface area contributed by atoms with Crippen molar-refractivity contribution in [2.75, 3.05) is 18.6 Å². The molecule has 100 valence electrons. The molecule has 0 unspecified atom stereocenters. The summed E-state index contributed by atoms with van der Waals surface area (Å²) in [5.74, 6) is 0.433. The Kier molecular flexibility index (Phi) is 4.35. The summed E-state index contributed by atoms with van der Waals surface area (Å²) in [6.07, 6.45) is 1.71. The Bertz CT molecular complexity index is 525. The van der Waals surface area contributed by atoms with Gasteiger partial charge in [0.05, 0.1) is 13.7 Å².